The first-order valence-electron chi connectivity index (χ1n) is 7.30. The van der Waals surface area contributed by atoms with Gasteiger partial charge in [-0.05, 0) is 51.0 Å². The van der Waals surface area contributed by atoms with Gasteiger partial charge >= 0.3 is 0 Å². The van der Waals surface area contributed by atoms with Gasteiger partial charge in [0.05, 0.1) is 6.54 Å². The molecule has 0 aromatic heterocycles. The molecule has 2 saturated heterocycles. The van der Waals surface area contributed by atoms with E-state index in [1.165, 1.54) is 12.8 Å². The number of carbonyl (C=O) groups is 1. The summed E-state index contributed by atoms with van der Waals surface area (Å²) in [5.74, 6) is 2.41. The van der Waals surface area contributed by atoms with E-state index in [1.54, 1.807) is 0 Å². The van der Waals surface area contributed by atoms with E-state index in [-0.39, 0.29) is 11.4 Å². The topological polar surface area (TPSA) is 44.4 Å². The van der Waals surface area contributed by atoms with Crippen molar-refractivity contribution in [1.82, 2.24) is 15.5 Å². The Balaban J connectivity index is 1.54. The van der Waals surface area contributed by atoms with Gasteiger partial charge in [-0.1, -0.05) is 0 Å². The summed E-state index contributed by atoms with van der Waals surface area (Å²) in [6.07, 6.45) is 2.59. The molecule has 3 aliphatic rings. The van der Waals surface area contributed by atoms with Gasteiger partial charge in [0.2, 0.25) is 5.91 Å². The summed E-state index contributed by atoms with van der Waals surface area (Å²) < 4.78 is 0. The van der Waals surface area contributed by atoms with Crippen LogP contribution in [0, 0.1) is 17.8 Å². The zero-order chi connectivity index (χ0) is 12.8. The third-order valence-electron chi connectivity index (χ3n) is 5.14. The van der Waals surface area contributed by atoms with Gasteiger partial charge < -0.3 is 10.6 Å². The van der Waals surface area contributed by atoms with E-state index in [9.17, 15) is 4.79 Å². The quantitative estimate of drug-likeness (QED) is 0.762. The maximum Gasteiger partial charge on any atom is 0.234 e. The van der Waals surface area contributed by atoms with Crippen LogP contribution in [0.4, 0.5) is 0 Å². The Morgan fingerprint density at radius 3 is 2.83 bits per heavy atom. The number of nitrogens with zero attached hydrogens (tertiary/aromatic N) is 1. The molecule has 2 aliphatic heterocycles. The molecule has 4 nitrogen and oxygen atoms in total. The van der Waals surface area contributed by atoms with Crippen molar-refractivity contribution in [2.45, 2.75) is 32.2 Å². The second-order valence-electron chi connectivity index (χ2n) is 6.81. The molecule has 3 fully saturated rings. The number of hydrogen-bond donors (Lipinski definition) is 2. The molecule has 1 aliphatic carbocycles. The number of rotatable bonds is 4. The SMILES string of the molecule is CC1(C)C2CNCC2CN1CC(=O)NCC1CC1. The highest BCUT2D eigenvalue weighted by Gasteiger charge is 2.49. The van der Waals surface area contributed by atoms with Crippen LogP contribution in [0.5, 0.6) is 0 Å². The summed E-state index contributed by atoms with van der Waals surface area (Å²) >= 11 is 0. The van der Waals surface area contributed by atoms with Crippen LogP contribution in [-0.4, -0.2) is 49.1 Å². The van der Waals surface area contributed by atoms with Crippen LogP contribution in [-0.2, 0) is 4.79 Å². The second kappa shape index (κ2) is 4.49. The predicted molar refractivity (Wildman–Crippen MR) is 71.2 cm³/mol. The standard InChI is InChI=1S/C14H25N3O/c1-14(2)12-7-15-6-11(12)8-17(14)9-13(18)16-5-10-3-4-10/h10-12,15H,3-9H2,1-2H3,(H,16,18). The first-order chi connectivity index (χ1) is 8.57. The van der Waals surface area contributed by atoms with E-state index >= 15 is 0 Å². The number of likely N-dealkylation sites (tertiary alicyclic amines) is 1. The number of fused-ring (bicyclic) bond motifs is 1. The number of hydrogen-bond acceptors (Lipinski definition) is 3. The van der Waals surface area contributed by atoms with Gasteiger partial charge in [0.1, 0.15) is 0 Å². The fourth-order valence-corrected chi connectivity index (χ4v) is 3.58. The molecule has 2 heterocycles. The van der Waals surface area contributed by atoms with Crippen LogP contribution >= 0.6 is 0 Å². The van der Waals surface area contributed by atoms with Crippen LogP contribution in [0.1, 0.15) is 26.7 Å². The molecule has 0 spiro atoms. The molecule has 0 radical (unpaired) electrons. The molecule has 1 amide bonds. The van der Waals surface area contributed by atoms with E-state index in [2.05, 4.69) is 29.4 Å². The lowest BCUT2D eigenvalue weighted by molar-refractivity contribution is -0.123. The van der Waals surface area contributed by atoms with Crippen LogP contribution in [0.2, 0.25) is 0 Å². The molecule has 0 aromatic rings. The predicted octanol–water partition coefficient (Wildman–Crippen LogP) is 0.442. The summed E-state index contributed by atoms with van der Waals surface area (Å²) in [5.41, 5.74) is 0.158. The highest BCUT2D eigenvalue weighted by molar-refractivity contribution is 5.78. The number of amides is 1. The van der Waals surface area contributed by atoms with Crippen molar-refractivity contribution in [3.8, 4) is 0 Å². The third-order valence-corrected chi connectivity index (χ3v) is 5.14. The van der Waals surface area contributed by atoms with Gasteiger partial charge in [-0.2, -0.15) is 0 Å². The van der Waals surface area contributed by atoms with E-state index < -0.39 is 0 Å². The molecule has 102 valence electrons. The molecular weight excluding hydrogens is 226 g/mol. The van der Waals surface area contributed by atoms with Gasteiger partial charge in [0, 0.05) is 25.2 Å². The van der Waals surface area contributed by atoms with Crippen molar-refractivity contribution < 1.29 is 4.79 Å². The molecule has 2 unspecified atom stereocenters. The maximum absolute atomic E-state index is 12.0. The fourth-order valence-electron chi connectivity index (χ4n) is 3.58. The van der Waals surface area contributed by atoms with Crippen molar-refractivity contribution in [2.75, 3.05) is 32.7 Å². The van der Waals surface area contributed by atoms with Gasteiger partial charge in [-0.3, -0.25) is 9.69 Å². The monoisotopic (exact) mass is 251 g/mol. The van der Waals surface area contributed by atoms with Crippen LogP contribution < -0.4 is 10.6 Å². The van der Waals surface area contributed by atoms with Crippen molar-refractivity contribution in [3.05, 3.63) is 0 Å². The minimum Gasteiger partial charge on any atom is -0.355 e. The zero-order valence-electron chi connectivity index (χ0n) is 11.5. The average molecular weight is 251 g/mol. The normalized spacial score (nSPS) is 34.6. The van der Waals surface area contributed by atoms with Gasteiger partial charge in [0.25, 0.3) is 0 Å². The molecule has 1 saturated carbocycles. The fraction of sp³-hybridized carbons (Fsp3) is 0.929. The van der Waals surface area contributed by atoms with Crippen molar-refractivity contribution in [3.63, 3.8) is 0 Å². The summed E-state index contributed by atoms with van der Waals surface area (Å²) in [7, 11) is 0. The third kappa shape index (κ3) is 2.28. The molecule has 4 heteroatoms. The molecular formula is C14H25N3O. The smallest absolute Gasteiger partial charge is 0.234 e. The molecule has 0 bridgehead atoms. The van der Waals surface area contributed by atoms with Gasteiger partial charge in [0.15, 0.2) is 0 Å². The largest absolute Gasteiger partial charge is 0.355 e. The van der Waals surface area contributed by atoms with E-state index in [0.29, 0.717) is 12.5 Å². The highest BCUT2D eigenvalue weighted by atomic mass is 16.2. The Hall–Kier alpha value is -0.610. The molecule has 3 rings (SSSR count). The van der Waals surface area contributed by atoms with Crippen LogP contribution in [0.15, 0.2) is 0 Å². The maximum atomic E-state index is 12.0. The Morgan fingerprint density at radius 2 is 2.17 bits per heavy atom. The van der Waals surface area contributed by atoms with E-state index in [0.717, 1.165) is 38.0 Å². The lowest BCUT2D eigenvalue weighted by Crippen LogP contribution is -2.48. The minimum absolute atomic E-state index is 0.158. The van der Waals surface area contributed by atoms with E-state index in [1.807, 2.05) is 0 Å². The van der Waals surface area contributed by atoms with Crippen molar-refractivity contribution >= 4 is 5.91 Å². The Kier molecular flexibility index (Phi) is 3.10. The summed E-state index contributed by atoms with van der Waals surface area (Å²) in [6, 6.07) is 0. The van der Waals surface area contributed by atoms with Gasteiger partial charge in [-0.15, -0.1) is 0 Å². The first-order valence-corrected chi connectivity index (χ1v) is 7.30. The zero-order valence-corrected chi connectivity index (χ0v) is 11.5. The lowest BCUT2D eigenvalue weighted by Gasteiger charge is -2.35. The Morgan fingerprint density at radius 1 is 1.39 bits per heavy atom. The Labute approximate surface area is 109 Å². The minimum atomic E-state index is 0.158. The Bertz CT molecular complexity index is 338. The summed E-state index contributed by atoms with van der Waals surface area (Å²) in [6.45, 7) is 9.35. The number of nitrogens with one attached hydrogen (secondary N) is 2. The second-order valence-corrected chi connectivity index (χ2v) is 6.81. The first kappa shape index (κ1) is 12.4. The van der Waals surface area contributed by atoms with E-state index in [4.69, 9.17) is 0 Å². The molecule has 2 N–H and O–H groups in total. The molecule has 0 aromatic carbocycles. The van der Waals surface area contributed by atoms with Gasteiger partial charge in [-0.25, -0.2) is 0 Å². The molecule has 2 atom stereocenters. The van der Waals surface area contributed by atoms with Crippen LogP contribution in [0.25, 0.3) is 0 Å². The summed E-state index contributed by atoms with van der Waals surface area (Å²) in [5, 5.41) is 6.55. The van der Waals surface area contributed by atoms with Crippen molar-refractivity contribution in [2.24, 2.45) is 17.8 Å². The van der Waals surface area contributed by atoms with Crippen molar-refractivity contribution in [1.29, 1.82) is 0 Å². The number of carbonyl (C=O) groups excluding carboxylic acids is 1. The van der Waals surface area contributed by atoms with Crippen LogP contribution in [0.3, 0.4) is 0 Å². The highest BCUT2D eigenvalue weighted by Crippen LogP contribution is 2.40. The summed E-state index contributed by atoms with van der Waals surface area (Å²) in [4.78, 5) is 14.4. The lowest BCUT2D eigenvalue weighted by atomic mass is 9.85. The average Bonchev–Trinajstić information content (AvgIpc) is 2.97. The molecule has 18 heavy (non-hydrogen) atoms.